The maximum absolute atomic E-state index is 11.3. The fraction of sp³-hybridized carbons (Fsp3) is 0.500. The van der Waals surface area contributed by atoms with E-state index in [2.05, 4.69) is 20.7 Å². The summed E-state index contributed by atoms with van der Waals surface area (Å²) in [4.78, 5) is 21.3. The van der Waals surface area contributed by atoms with Crippen LogP contribution in [0.2, 0.25) is 0 Å². The van der Waals surface area contributed by atoms with E-state index in [9.17, 15) is 4.79 Å². The third kappa shape index (κ3) is 2.82. The van der Waals surface area contributed by atoms with Gasteiger partial charge in [0.1, 0.15) is 5.82 Å². The van der Waals surface area contributed by atoms with Crippen molar-refractivity contribution in [2.45, 2.75) is 18.9 Å². The Kier molecular flexibility index (Phi) is 3.38. The molecular weight excluding hydrogens is 220 g/mol. The molecule has 2 heterocycles. The summed E-state index contributed by atoms with van der Waals surface area (Å²) in [5.74, 6) is 6.62. The van der Waals surface area contributed by atoms with Crippen molar-refractivity contribution in [3.05, 3.63) is 12.4 Å². The Morgan fingerprint density at radius 2 is 2.24 bits per heavy atom. The predicted octanol–water partition coefficient (Wildman–Crippen LogP) is -0.205. The molecule has 1 amide bonds. The highest BCUT2D eigenvalue weighted by Crippen LogP contribution is 2.14. The summed E-state index contributed by atoms with van der Waals surface area (Å²) in [7, 11) is 1.81. The van der Waals surface area contributed by atoms with Gasteiger partial charge in [-0.3, -0.25) is 9.78 Å². The Balaban J connectivity index is 1.98. The van der Waals surface area contributed by atoms with E-state index in [1.54, 1.807) is 24.3 Å². The van der Waals surface area contributed by atoms with Gasteiger partial charge in [0, 0.05) is 26.1 Å². The topological polar surface area (TPSA) is 96.2 Å². The number of carbonyl (C=O) groups is 1. The number of nitrogen functional groups attached to an aromatic ring is 1. The molecule has 4 N–H and O–H groups in total. The fourth-order valence-electron chi connectivity index (χ4n) is 1.84. The molecule has 1 saturated heterocycles. The largest absolute Gasteiger partial charge is 0.364 e. The van der Waals surface area contributed by atoms with Gasteiger partial charge in [-0.05, 0) is 6.42 Å². The van der Waals surface area contributed by atoms with Gasteiger partial charge >= 0.3 is 0 Å². The average molecular weight is 236 g/mol. The van der Waals surface area contributed by atoms with Gasteiger partial charge in [-0.25, -0.2) is 10.8 Å². The molecule has 1 aliphatic rings. The summed E-state index contributed by atoms with van der Waals surface area (Å²) in [6.45, 7) is 0.681. The van der Waals surface area contributed by atoms with Crippen LogP contribution < -0.4 is 16.6 Å². The number of piperidine rings is 1. The molecule has 7 nitrogen and oxygen atoms in total. The van der Waals surface area contributed by atoms with E-state index in [-0.39, 0.29) is 11.9 Å². The zero-order chi connectivity index (χ0) is 12.3. The van der Waals surface area contributed by atoms with Crippen LogP contribution in [0.1, 0.15) is 12.8 Å². The van der Waals surface area contributed by atoms with Gasteiger partial charge in [-0.2, -0.15) is 0 Å². The minimum Gasteiger partial charge on any atom is -0.364 e. The quantitative estimate of drug-likeness (QED) is 0.496. The van der Waals surface area contributed by atoms with E-state index in [0.29, 0.717) is 24.6 Å². The minimum absolute atomic E-state index is 0.187. The van der Waals surface area contributed by atoms with E-state index in [0.717, 1.165) is 6.42 Å². The first kappa shape index (κ1) is 11.6. The van der Waals surface area contributed by atoms with Crippen LogP contribution in [0.4, 0.5) is 11.6 Å². The molecule has 0 saturated carbocycles. The summed E-state index contributed by atoms with van der Waals surface area (Å²) in [6.07, 6.45) is 4.56. The Bertz CT molecular complexity index is 410. The Morgan fingerprint density at radius 1 is 1.47 bits per heavy atom. The molecule has 17 heavy (non-hydrogen) atoms. The van der Waals surface area contributed by atoms with Crippen molar-refractivity contribution >= 4 is 17.5 Å². The van der Waals surface area contributed by atoms with Crippen molar-refractivity contribution in [1.29, 1.82) is 0 Å². The summed E-state index contributed by atoms with van der Waals surface area (Å²) in [6, 6.07) is 0.208. The molecule has 0 bridgehead atoms. The van der Waals surface area contributed by atoms with Crippen LogP contribution >= 0.6 is 0 Å². The fourth-order valence-corrected chi connectivity index (χ4v) is 1.84. The van der Waals surface area contributed by atoms with Gasteiger partial charge < -0.3 is 15.6 Å². The first-order valence-electron chi connectivity index (χ1n) is 5.48. The van der Waals surface area contributed by atoms with E-state index >= 15 is 0 Å². The number of hydrogen-bond acceptors (Lipinski definition) is 6. The zero-order valence-electron chi connectivity index (χ0n) is 9.68. The van der Waals surface area contributed by atoms with E-state index in [1.807, 2.05) is 0 Å². The van der Waals surface area contributed by atoms with E-state index in [1.165, 1.54) is 0 Å². The molecule has 1 unspecified atom stereocenters. The third-order valence-electron chi connectivity index (χ3n) is 2.76. The van der Waals surface area contributed by atoms with Crippen molar-refractivity contribution in [3.63, 3.8) is 0 Å². The number of hydrazine groups is 1. The lowest BCUT2D eigenvalue weighted by Crippen LogP contribution is -2.43. The average Bonchev–Trinajstić information content (AvgIpc) is 2.34. The number of nitrogens with two attached hydrogens (primary N) is 1. The van der Waals surface area contributed by atoms with E-state index in [4.69, 9.17) is 5.84 Å². The molecule has 0 aromatic carbocycles. The SMILES string of the molecule is CN1CC(Nc2cncc(NN)n2)CCC1=O. The highest BCUT2D eigenvalue weighted by atomic mass is 16.2. The number of likely N-dealkylation sites (N-methyl/N-ethyl adjacent to an activating group) is 1. The molecule has 1 aromatic rings. The van der Waals surface area contributed by atoms with Crippen molar-refractivity contribution in [3.8, 4) is 0 Å². The second kappa shape index (κ2) is 4.96. The van der Waals surface area contributed by atoms with Crippen LogP contribution in [-0.2, 0) is 4.79 Å². The summed E-state index contributed by atoms with van der Waals surface area (Å²) < 4.78 is 0. The van der Waals surface area contributed by atoms with Gasteiger partial charge in [-0.1, -0.05) is 0 Å². The van der Waals surface area contributed by atoms with Gasteiger partial charge in [0.05, 0.1) is 12.4 Å². The number of nitrogens with zero attached hydrogens (tertiary/aromatic N) is 3. The van der Waals surface area contributed by atoms with Crippen molar-refractivity contribution in [2.24, 2.45) is 5.84 Å². The van der Waals surface area contributed by atoms with Crippen LogP contribution in [0.25, 0.3) is 0 Å². The number of rotatable bonds is 3. The van der Waals surface area contributed by atoms with Crippen molar-refractivity contribution in [2.75, 3.05) is 24.3 Å². The number of aromatic nitrogens is 2. The minimum atomic E-state index is 0.187. The first-order valence-corrected chi connectivity index (χ1v) is 5.48. The third-order valence-corrected chi connectivity index (χ3v) is 2.76. The Morgan fingerprint density at radius 3 is 2.94 bits per heavy atom. The van der Waals surface area contributed by atoms with Gasteiger partial charge in [-0.15, -0.1) is 0 Å². The molecule has 92 valence electrons. The highest BCUT2D eigenvalue weighted by molar-refractivity contribution is 5.77. The predicted molar refractivity (Wildman–Crippen MR) is 64.1 cm³/mol. The van der Waals surface area contributed by atoms with Crippen LogP contribution in [0.3, 0.4) is 0 Å². The number of hydrogen-bond donors (Lipinski definition) is 3. The lowest BCUT2D eigenvalue weighted by atomic mass is 10.1. The van der Waals surface area contributed by atoms with Gasteiger partial charge in [0.15, 0.2) is 5.82 Å². The van der Waals surface area contributed by atoms with Gasteiger partial charge in [0.25, 0.3) is 0 Å². The molecule has 0 spiro atoms. The summed E-state index contributed by atoms with van der Waals surface area (Å²) in [5.41, 5.74) is 2.44. The van der Waals surface area contributed by atoms with Gasteiger partial charge in [0.2, 0.25) is 5.91 Å². The van der Waals surface area contributed by atoms with Crippen molar-refractivity contribution < 1.29 is 4.79 Å². The van der Waals surface area contributed by atoms with Crippen LogP contribution in [0.5, 0.6) is 0 Å². The highest BCUT2D eigenvalue weighted by Gasteiger charge is 2.22. The standard InChI is InChI=1S/C10H16N6O/c1-16-6-7(2-3-10(16)17)13-8-4-12-5-9(14-8)15-11/h4-5,7H,2-3,6,11H2,1H3,(H2,13,14,15). The van der Waals surface area contributed by atoms with Crippen molar-refractivity contribution in [1.82, 2.24) is 14.9 Å². The second-order valence-electron chi connectivity index (χ2n) is 4.09. The number of carbonyl (C=O) groups excluding carboxylic acids is 1. The van der Waals surface area contributed by atoms with Crippen LogP contribution in [0, 0.1) is 0 Å². The number of anilines is 2. The number of amides is 1. The van der Waals surface area contributed by atoms with Crippen LogP contribution in [-0.4, -0.2) is 40.4 Å². The maximum Gasteiger partial charge on any atom is 0.222 e. The lowest BCUT2D eigenvalue weighted by molar-refractivity contribution is -0.132. The lowest BCUT2D eigenvalue weighted by Gasteiger charge is -2.30. The summed E-state index contributed by atoms with van der Waals surface area (Å²) in [5, 5.41) is 3.24. The number of nitrogens with one attached hydrogen (secondary N) is 2. The molecule has 7 heteroatoms. The molecular formula is C10H16N6O. The summed E-state index contributed by atoms with van der Waals surface area (Å²) >= 11 is 0. The maximum atomic E-state index is 11.3. The molecule has 1 aromatic heterocycles. The zero-order valence-corrected chi connectivity index (χ0v) is 9.68. The molecule has 1 aliphatic heterocycles. The smallest absolute Gasteiger partial charge is 0.222 e. The molecule has 0 radical (unpaired) electrons. The van der Waals surface area contributed by atoms with E-state index < -0.39 is 0 Å². The number of likely N-dealkylation sites (tertiary alicyclic amines) is 1. The second-order valence-corrected chi connectivity index (χ2v) is 4.09. The Hall–Kier alpha value is -1.89. The van der Waals surface area contributed by atoms with Crippen LogP contribution in [0.15, 0.2) is 12.4 Å². The Labute approximate surface area is 99.4 Å². The molecule has 1 fully saturated rings. The molecule has 2 rings (SSSR count). The first-order chi connectivity index (χ1) is 8.19. The molecule has 0 aliphatic carbocycles. The normalized spacial score (nSPS) is 20.2. The molecule has 1 atom stereocenters. The monoisotopic (exact) mass is 236 g/mol.